The monoisotopic (exact) mass is 216 g/mol. The molecular formula is C10H7F3O2. The van der Waals surface area contributed by atoms with Crippen molar-refractivity contribution in [3.63, 3.8) is 0 Å². The highest BCUT2D eigenvalue weighted by atomic mass is 19.2. The molecule has 0 radical (unpaired) electrons. The van der Waals surface area contributed by atoms with Crippen molar-refractivity contribution in [2.75, 3.05) is 0 Å². The van der Waals surface area contributed by atoms with Crippen LogP contribution < -0.4 is 0 Å². The van der Waals surface area contributed by atoms with Gasteiger partial charge in [-0.1, -0.05) is 0 Å². The molecule has 0 amide bonds. The molecule has 2 rings (SSSR count). The Morgan fingerprint density at radius 2 is 1.67 bits per heavy atom. The highest BCUT2D eigenvalue weighted by molar-refractivity contribution is 5.84. The van der Waals surface area contributed by atoms with Crippen molar-refractivity contribution in [2.45, 2.75) is 18.3 Å². The van der Waals surface area contributed by atoms with Crippen molar-refractivity contribution in [1.82, 2.24) is 0 Å². The van der Waals surface area contributed by atoms with Crippen LogP contribution in [0, 0.1) is 17.5 Å². The molecule has 0 saturated heterocycles. The molecule has 0 aromatic heterocycles. The Bertz CT molecular complexity index is 415. The molecule has 1 aromatic carbocycles. The Balaban J connectivity index is 2.51. The minimum Gasteiger partial charge on any atom is -0.481 e. The van der Waals surface area contributed by atoms with Gasteiger partial charge in [0, 0.05) is 0 Å². The lowest BCUT2D eigenvalue weighted by Gasteiger charge is -2.10. The Kier molecular flexibility index (Phi) is 1.99. The number of halogens is 3. The average Bonchev–Trinajstić information content (AvgIpc) is 2.93. The van der Waals surface area contributed by atoms with Gasteiger partial charge in [-0.05, 0) is 30.5 Å². The maximum Gasteiger partial charge on any atom is 0.314 e. The number of rotatable bonds is 2. The van der Waals surface area contributed by atoms with Gasteiger partial charge in [-0.25, -0.2) is 13.2 Å². The van der Waals surface area contributed by atoms with Crippen LogP contribution in [0.2, 0.25) is 0 Å². The number of aliphatic carboxylic acids is 1. The third kappa shape index (κ3) is 1.38. The summed E-state index contributed by atoms with van der Waals surface area (Å²) in [6.45, 7) is 0. The first-order valence-corrected chi connectivity index (χ1v) is 4.36. The molecule has 0 atom stereocenters. The van der Waals surface area contributed by atoms with E-state index in [9.17, 15) is 18.0 Å². The van der Waals surface area contributed by atoms with Gasteiger partial charge in [-0.3, -0.25) is 4.79 Å². The van der Waals surface area contributed by atoms with Crippen LogP contribution in [-0.2, 0) is 10.2 Å². The van der Waals surface area contributed by atoms with E-state index in [4.69, 9.17) is 5.11 Å². The maximum absolute atomic E-state index is 12.9. The van der Waals surface area contributed by atoms with Crippen molar-refractivity contribution >= 4 is 5.97 Å². The van der Waals surface area contributed by atoms with Gasteiger partial charge >= 0.3 is 5.97 Å². The first-order chi connectivity index (χ1) is 6.97. The van der Waals surface area contributed by atoms with Crippen molar-refractivity contribution in [1.29, 1.82) is 0 Å². The molecule has 15 heavy (non-hydrogen) atoms. The van der Waals surface area contributed by atoms with Crippen LogP contribution in [0.15, 0.2) is 12.1 Å². The van der Waals surface area contributed by atoms with E-state index in [-0.39, 0.29) is 5.56 Å². The molecule has 5 heteroatoms. The first-order valence-electron chi connectivity index (χ1n) is 4.36. The summed E-state index contributed by atoms with van der Waals surface area (Å²) in [6.07, 6.45) is 0.652. The van der Waals surface area contributed by atoms with Crippen molar-refractivity contribution in [3.05, 3.63) is 35.1 Å². The zero-order valence-electron chi connectivity index (χ0n) is 7.56. The molecular weight excluding hydrogens is 209 g/mol. The molecule has 0 aliphatic heterocycles. The van der Waals surface area contributed by atoms with E-state index in [2.05, 4.69) is 0 Å². The fourth-order valence-corrected chi connectivity index (χ4v) is 1.58. The summed E-state index contributed by atoms with van der Waals surface area (Å²) in [5, 5.41) is 8.87. The molecule has 1 aliphatic carbocycles. The van der Waals surface area contributed by atoms with Crippen LogP contribution in [0.4, 0.5) is 13.2 Å². The second-order valence-corrected chi connectivity index (χ2v) is 3.64. The van der Waals surface area contributed by atoms with Crippen LogP contribution in [0.25, 0.3) is 0 Å². The van der Waals surface area contributed by atoms with Gasteiger partial charge in [0.05, 0.1) is 5.41 Å². The number of carboxylic acid groups (broad SMARTS) is 1. The lowest BCUT2D eigenvalue weighted by Crippen LogP contribution is -2.20. The van der Waals surface area contributed by atoms with Gasteiger partial charge in [0.2, 0.25) is 0 Å². The topological polar surface area (TPSA) is 37.3 Å². The van der Waals surface area contributed by atoms with E-state index in [1.807, 2.05) is 0 Å². The molecule has 1 aromatic rings. The average molecular weight is 216 g/mol. The summed E-state index contributed by atoms with van der Waals surface area (Å²) in [5.74, 6) is -5.40. The second-order valence-electron chi connectivity index (χ2n) is 3.64. The maximum atomic E-state index is 12.9. The largest absolute Gasteiger partial charge is 0.481 e. The molecule has 1 aliphatic rings. The van der Waals surface area contributed by atoms with Crippen molar-refractivity contribution < 1.29 is 23.1 Å². The number of benzene rings is 1. The van der Waals surface area contributed by atoms with E-state index in [1.165, 1.54) is 0 Å². The predicted molar refractivity (Wildman–Crippen MR) is 44.9 cm³/mol. The Labute approximate surface area is 83.3 Å². The van der Waals surface area contributed by atoms with Gasteiger partial charge < -0.3 is 5.11 Å². The Morgan fingerprint density at radius 3 is 2.00 bits per heavy atom. The lowest BCUT2D eigenvalue weighted by atomic mass is 9.96. The highest BCUT2D eigenvalue weighted by Crippen LogP contribution is 2.48. The van der Waals surface area contributed by atoms with Crippen LogP contribution in [-0.4, -0.2) is 11.1 Å². The van der Waals surface area contributed by atoms with Gasteiger partial charge in [-0.15, -0.1) is 0 Å². The fourth-order valence-electron chi connectivity index (χ4n) is 1.58. The van der Waals surface area contributed by atoms with Crippen LogP contribution in [0.3, 0.4) is 0 Å². The van der Waals surface area contributed by atoms with Crippen molar-refractivity contribution in [2.24, 2.45) is 0 Å². The van der Waals surface area contributed by atoms with E-state index in [1.54, 1.807) is 0 Å². The third-order valence-corrected chi connectivity index (χ3v) is 2.70. The predicted octanol–water partition coefficient (Wildman–Crippen LogP) is 2.22. The van der Waals surface area contributed by atoms with Gasteiger partial charge in [0.15, 0.2) is 17.5 Å². The third-order valence-electron chi connectivity index (χ3n) is 2.70. The molecule has 0 spiro atoms. The molecule has 1 saturated carbocycles. The Morgan fingerprint density at radius 1 is 1.20 bits per heavy atom. The summed E-state index contributed by atoms with van der Waals surface area (Å²) in [7, 11) is 0. The van der Waals surface area contributed by atoms with Crippen molar-refractivity contribution in [3.8, 4) is 0 Å². The van der Waals surface area contributed by atoms with E-state index < -0.39 is 28.8 Å². The molecule has 1 N–H and O–H groups in total. The SMILES string of the molecule is O=C(O)C1(c2cc(F)c(F)c(F)c2)CC1. The quantitative estimate of drug-likeness (QED) is 0.769. The lowest BCUT2D eigenvalue weighted by molar-refractivity contribution is -0.140. The highest BCUT2D eigenvalue weighted by Gasteiger charge is 2.52. The standard InChI is InChI=1S/C10H7F3O2/c11-6-3-5(4-7(12)8(6)13)10(1-2-10)9(14)15/h3-4H,1-2H2,(H,14,15). The minimum absolute atomic E-state index is 0.00796. The zero-order valence-corrected chi connectivity index (χ0v) is 7.56. The Hall–Kier alpha value is -1.52. The molecule has 0 heterocycles. The molecule has 2 nitrogen and oxygen atoms in total. The summed E-state index contributed by atoms with van der Waals surface area (Å²) in [6, 6.07) is 1.50. The summed E-state index contributed by atoms with van der Waals surface area (Å²) < 4.78 is 38.3. The number of carbonyl (C=O) groups is 1. The molecule has 1 fully saturated rings. The van der Waals surface area contributed by atoms with E-state index in [0.29, 0.717) is 12.8 Å². The van der Waals surface area contributed by atoms with Gasteiger partial charge in [-0.2, -0.15) is 0 Å². The zero-order chi connectivity index (χ0) is 11.2. The number of carboxylic acids is 1. The first kappa shape index (κ1) is 10.0. The minimum atomic E-state index is -1.57. The summed E-state index contributed by atoms with van der Waals surface area (Å²) in [5.41, 5.74) is -1.22. The van der Waals surface area contributed by atoms with Gasteiger partial charge in [0.25, 0.3) is 0 Å². The molecule has 0 bridgehead atoms. The molecule has 80 valence electrons. The van der Waals surface area contributed by atoms with E-state index in [0.717, 1.165) is 12.1 Å². The normalized spacial score (nSPS) is 17.5. The second kappa shape index (κ2) is 2.98. The number of hydrogen-bond donors (Lipinski definition) is 1. The number of hydrogen-bond acceptors (Lipinski definition) is 1. The fraction of sp³-hybridized carbons (Fsp3) is 0.300. The van der Waals surface area contributed by atoms with Gasteiger partial charge in [0.1, 0.15) is 0 Å². The van der Waals surface area contributed by atoms with Crippen LogP contribution in [0.1, 0.15) is 18.4 Å². The smallest absolute Gasteiger partial charge is 0.314 e. The van der Waals surface area contributed by atoms with Crippen LogP contribution >= 0.6 is 0 Å². The van der Waals surface area contributed by atoms with E-state index >= 15 is 0 Å². The molecule has 0 unspecified atom stereocenters. The summed E-state index contributed by atoms with van der Waals surface area (Å²) >= 11 is 0. The summed E-state index contributed by atoms with van der Waals surface area (Å²) in [4.78, 5) is 10.9. The van der Waals surface area contributed by atoms with Crippen LogP contribution in [0.5, 0.6) is 0 Å².